The maximum atomic E-state index is 11.7. The zero-order valence-electron chi connectivity index (χ0n) is 10.9. The summed E-state index contributed by atoms with van der Waals surface area (Å²) in [4.78, 5) is 0.273. The lowest BCUT2D eigenvalue weighted by Crippen LogP contribution is -2.23. The van der Waals surface area contributed by atoms with E-state index in [1.54, 1.807) is 38.3 Å². The molecule has 0 heterocycles. The third-order valence-electron chi connectivity index (χ3n) is 2.49. The van der Waals surface area contributed by atoms with E-state index in [4.69, 9.17) is 4.74 Å². The van der Waals surface area contributed by atoms with Gasteiger partial charge in [0.05, 0.1) is 11.0 Å². The molecule has 0 amide bonds. The van der Waals surface area contributed by atoms with Gasteiger partial charge >= 0.3 is 0 Å². The first-order valence-electron chi connectivity index (χ1n) is 5.86. The molecule has 0 aliphatic rings. The number of benzene rings is 1. The van der Waals surface area contributed by atoms with Crippen molar-refractivity contribution in [1.29, 1.82) is 0 Å². The molecule has 0 aliphatic heterocycles. The number of methoxy groups -OCH3 is 1. The summed E-state index contributed by atoms with van der Waals surface area (Å²) in [5, 5.41) is 3.17. The Hall–Kier alpha value is -1.11. The van der Waals surface area contributed by atoms with Gasteiger partial charge in [0.1, 0.15) is 0 Å². The summed E-state index contributed by atoms with van der Waals surface area (Å²) in [5.74, 6) is 0. The first kappa shape index (κ1) is 14.9. The molecule has 0 radical (unpaired) electrons. The fourth-order valence-electron chi connectivity index (χ4n) is 1.37. The van der Waals surface area contributed by atoms with Crippen LogP contribution in [0.15, 0.2) is 29.2 Å². The SMILES string of the molecule is CCNS(=O)(=O)c1ccc(NCC(C)OC)cc1. The van der Waals surface area contributed by atoms with Gasteiger partial charge in [0.15, 0.2) is 0 Å². The van der Waals surface area contributed by atoms with E-state index >= 15 is 0 Å². The highest BCUT2D eigenvalue weighted by Gasteiger charge is 2.11. The number of hydrogen-bond donors (Lipinski definition) is 2. The highest BCUT2D eigenvalue weighted by Crippen LogP contribution is 2.13. The van der Waals surface area contributed by atoms with Crippen LogP contribution in [-0.4, -0.2) is 34.7 Å². The molecule has 1 rings (SSSR count). The van der Waals surface area contributed by atoms with E-state index in [1.165, 1.54) is 0 Å². The van der Waals surface area contributed by atoms with Gasteiger partial charge in [-0.05, 0) is 31.2 Å². The molecule has 5 nitrogen and oxygen atoms in total. The molecule has 2 N–H and O–H groups in total. The summed E-state index contributed by atoms with van der Waals surface area (Å²) in [6.45, 7) is 4.76. The van der Waals surface area contributed by atoms with Gasteiger partial charge in [-0.15, -0.1) is 0 Å². The highest BCUT2D eigenvalue weighted by molar-refractivity contribution is 7.89. The summed E-state index contributed by atoms with van der Waals surface area (Å²) in [7, 11) is -1.71. The van der Waals surface area contributed by atoms with Gasteiger partial charge in [0.2, 0.25) is 10.0 Å². The Morgan fingerprint density at radius 2 is 1.89 bits per heavy atom. The van der Waals surface area contributed by atoms with E-state index < -0.39 is 10.0 Å². The fraction of sp³-hybridized carbons (Fsp3) is 0.500. The van der Waals surface area contributed by atoms with Gasteiger partial charge in [-0.3, -0.25) is 0 Å². The molecular formula is C12H20N2O3S. The lowest BCUT2D eigenvalue weighted by Gasteiger charge is -2.12. The Morgan fingerprint density at radius 1 is 1.28 bits per heavy atom. The van der Waals surface area contributed by atoms with Gasteiger partial charge in [-0.2, -0.15) is 0 Å². The quantitative estimate of drug-likeness (QED) is 0.788. The second kappa shape index (κ2) is 6.72. The van der Waals surface area contributed by atoms with E-state index in [-0.39, 0.29) is 11.0 Å². The molecule has 0 saturated carbocycles. The average Bonchev–Trinajstić information content (AvgIpc) is 2.36. The second-order valence-electron chi connectivity index (χ2n) is 3.95. The van der Waals surface area contributed by atoms with Gasteiger partial charge in [0.25, 0.3) is 0 Å². The third kappa shape index (κ3) is 4.29. The molecule has 18 heavy (non-hydrogen) atoms. The maximum Gasteiger partial charge on any atom is 0.240 e. The molecular weight excluding hydrogens is 252 g/mol. The smallest absolute Gasteiger partial charge is 0.240 e. The molecule has 0 aliphatic carbocycles. The number of ether oxygens (including phenoxy) is 1. The summed E-state index contributed by atoms with van der Waals surface area (Å²) in [6, 6.07) is 6.65. The van der Waals surface area contributed by atoms with E-state index in [0.29, 0.717) is 13.1 Å². The molecule has 0 spiro atoms. The van der Waals surface area contributed by atoms with Crippen molar-refractivity contribution in [1.82, 2.24) is 4.72 Å². The van der Waals surface area contributed by atoms with E-state index in [9.17, 15) is 8.42 Å². The molecule has 0 fully saturated rings. The standard InChI is InChI=1S/C12H20N2O3S/c1-4-14-18(15,16)12-7-5-11(6-8-12)13-9-10(2)17-3/h5-8,10,13-14H,4,9H2,1-3H3. The maximum absolute atomic E-state index is 11.7. The zero-order valence-corrected chi connectivity index (χ0v) is 11.8. The molecule has 1 unspecified atom stereocenters. The van der Waals surface area contributed by atoms with Crippen LogP contribution in [0.4, 0.5) is 5.69 Å². The molecule has 1 aromatic carbocycles. The molecule has 1 atom stereocenters. The molecule has 102 valence electrons. The van der Waals surface area contributed by atoms with Gasteiger partial charge in [-0.25, -0.2) is 13.1 Å². The Labute approximate surface area is 109 Å². The number of hydrogen-bond acceptors (Lipinski definition) is 4. The predicted molar refractivity (Wildman–Crippen MR) is 72.3 cm³/mol. The van der Waals surface area contributed by atoms with Crippen LogP contribution in [0.2, 0.25) is 0 Å². The molecule has 0 aromatic heterocycles. The minimum Gasteiger partial charge on any atom is -0.382 e. The molecule has 1 aromatic rings. The van der Waals surface area contributed by atoms with E-state index in [2.05, 4.69) is 10.0 Å². The predicted octanol–water partition coefficient (Wildman–Crippen LogP) is 1.43. The van der Waals surface area contributed by atoms with Crippen LogP contribution in [0.25, 0.3) is 0 Å². The highest BCUT2D eigenvalue weighted by atomic mass is 32.2. The topological polar surface area (TPSA) is 67.4 Å². The van der Waals surface area contributed by atoms with Crippen LogP contribution in [0.5, 0.6) is 0 Å². The fourth-order valence-corrected chi connectivity index (χ4v) is 2.41. The zero-order chi connectivity index (χ0) is 13.6. The van der Waals surface area contributed by atoms with Gasteiger partial charge in [-0.1, -0.05) is 6.92 Å². The van der Waals surface area contributed by atoms with Crippen molar-refractivity contribution in [3.05, 3.63) is 24.3 Å². The van der Waals surface area contributed by atoms with E-state index in [0.717, 1.165) is 5.69 Å². The summed E-state index contributed by atoms with van der Waals surface area (Å²) in [6.07, 6.45) is 0.107. The minimum atomic E-state index is -3.37. The number of anilines is 1. The van der Waals surface area contributed by atoms with Crippen molar-refractivity contribution in [2.45, 2.75) is 24.8 Å². The van der Waals surface area contributed by atoms with Crippen molar-refractivity contribution < 1.29 is 13.2 Å². The van der Waals surface area contributed by atoms with Crippen LogP contribution in [0.3, 0.4) is 0 Å². The van der Waals surface area contributed by atoms with Crippen LogP contribution in [0.1, 0.15) is 13.8 Å². The average molecular weight is 272 g/mol. The van der Waals surface area contributed by atoms with Crippen molar-refractivity contribution in [3.63, 3.8) is 0 Å². The molecule has 6 heteroatoms. The Bertz CT molecular complexity index is 457. The van der Waals surface area contributed by atoms with Crippen molar-refractivity contribution in [2.24, 2.45) is 0 Å². The van der Waals surface area contributed by atoms with E-state index in [1.807, 2.05) is 6.92 Å². The number of rotatable bonds is 7. The minimum absolute atomic E-state index is 0.107. The Kier molecular flexibility index (Phi) is 5.58. The molecule has 0 saturated heterocycles. The Morgan fingerprint density at radius 3 is 2.39 bits per heavy atom. The van der Waals surface area contributed by atoms with Crippen LogP contribution in [0, 0.1) is 0 Å². The summed E-state index contributed by atoms with van der Waals surface area (Å²) < 4.78 is 31.0. The van der Waals surface area contributed by atoms with Crippen LogP contribution >= 0.6 is 0 Å². The summed E-state index contributed by atoms with van der Waals surface area (Å²) in [5.41, 5.74) is 0.870. The normalized spacial score (nSPS) is 13.3. The lowest BCUT2D eigenvalue weighted by atomic mass is 10.3. The van der Waals surface area contributed by atoms with Crippen LogP contribution in [-0.2, 0) is 14.8 Å². The lowest BCUT2D eigenvalue weighted by molar-refractivity contribution is 0.129. The monoisotopic (exact) mass is 272 g/mol. The van der Waals surface area contributed by atoms with Gasteiger partial charge in [0, 0.05) is 25.9 Å². The Balaban J connectivity index is 2.68. The largest absolute Gasteiger partial charge is 0.382 e. The number of nitrogens with one attached hydrogen (secondary N) is 2. The first-order chi connectivity index (χ1) is 8.49. The molecule has 0 bridgehead atoms. The van der Waals surface area contributed by atoms with Crippen LogP contribution < -0.4 is 10.0 Å². The second-order valence-corrected chi connectivity index (χ2v) is 5.72. The van der Waals surface area contributed by atoms with Gasteiger partial charge < -0.3 is 10.1 Å². The number of sulfonamides is 1. The van der Waals surface area contributed by atoms with Crippen molar-refractivity contribution >= 4 is 15.7 Å². The van der Waals surface area contributed by atoms with Crippen molar-refractivity contribution in [2.75, 3.05) is 25.5 Å². The van der Waals surface area contributed by atoms with Crippen molar-refractivity contribution in [3.8, 4) is 0 Å². The summed E-state index contributed by atoms with van der Waals surface area (Å²) >= 11 is 0. The first-order valence-corrected chi connectivity index (χ1v) is 7.34. The third-order valence-corrected chi connectivity index (χ3v) is 4.06.